The molecular formula is C55H38BN7SSi. The average molecular weight is 868 g/mol. The van der Waals surface area contributed by atoms with Gasteiger partial charge in [0.15, 0.2) is 4.96 Å². The molecule has 1 aliphatic carbocycles. The molecule has 10 heteroatoms. The summed E-state index contributed by atoms with van der Waals surface area (Å²) < 4.78 is 3.66. The van der Waals surface area contributed by atoms with Gasteiger partial charge < -0.3 is 14.4 Å². The maximum absolute atomic E-state index is 5.68. The Morgan fingerprint density at radius 2 is 1.02 bits per heavy atom. The number of imidazole rings is 1. The van der Waals surface area contributed by atoms with E-state index >= 15 is 0 Å². The maximum Gasteiger partial charge on any atom is 0.521 e. The van der Waals surface area contributed by atoms with E-state index in [1.807, 2.05) is 11.3 Å². The zero-order valence-electron chi connectivity index (χ0n) is 35.6. The molecule has 0 fully saturated rings. The van der Waals surface area contributed by atoms with Crippen molar-refractivity contribution in [3.05, 3.63) is 194 Å². The fourth-order valence-corrected chi connectivity index (χ4v) is 15.3. The molecule has 0 spiro atoms. The van der Waals surface area contributed by atoms with Crippen LogP contribution in [0.4, 0.5) is 34.4 Å². The second kappa shape index (κ2) is 13.6. The van der Waals surface area contributed by atoms with E-state index in [-0.39, 0.29) is 7.12 Å². The van der Waals surface area contributed by atoms with Gasteiger partial charge in [-0.1, -0.05) is 163 Å². The molecule has 0 N–H and O–H groups in total. The van der Waals surface area contributed by atoms with Gasteiger partial charge in [-0.15, -0.1) is 0 Å². The minimum absolute atomic E-state index is 0.304. The first-order valence-electron chi connectivity index (χ1n) is 22.1. The minimum atomic E-state index is -2.30. The largest absolute Gasteiger partial charge is 0.521 e. The molecule has 0 radical (unpaired) electrons. The lowest BCUT2D eigenvalue weighted by molar-refractivity contribution is 1.11. The average Bonchev–Trinajstić information content (AvgIpc) is 4.10. The topological polar surface area (TPSA) is 52.8 Å². The highest BCUT2D eigenvalue weighted by Gasteiger charge is 2.54. The van der Waals surface area contributed by atoms with Crippen LogP contribution in [0.1, 0.15) is 0 Å². The van der Waals surface area contributed by atoms with Crippen molar-refractivity contribution in [2.24, 2.45) is 0 Å². The Hall–Kier alpha value is -7.79. The Morgan fingerprint density at radius 1 is 0.477 bits per heavy atom. The van der Waals surface area contributed by atoms with Gasteiger partial charge in [0, 0.05) is 23.0 Å². The first-order valence-corrected chi connectivity index (χ1v) is 26.0. The predicted molar refractivity (Wildman–Crippen MR) is 274 cm³/mol. The van der Waals surface area contributed by atoms with Gasteiger partial charge in [0.2, 0.25) is 5.95 Å². The number of hydrogen-bond donors (Lipinski definition) is 0. The van der Waals surface area contributed by atoms with E-state index < -0.39 is 8.07 Å². The number of rotatable bonds is 4. The zero-order valence-corrected chi connectivity index (χ0v) is 37.4. The summed E-state index contributed by atoms with van der Waals surface area (Å²) in [6.45, 7) is 4.98. The molecule has 0 unspecified atom stereocenters. The summed E-state index contributed by atoms with van der Waals surface area (Å²) in [5.41, 5.74) is 17.9. The predicted octanol–water partition coefficient (Wildman–Crippen LogP) is 12.7. The molecular weight excluding hydrogens is 830 g/mol. The van der Waals surface area contributed by atoms with E-state index in [4.69, 9.17) is 15.0 Å². The van der Waals surface area contributed by atoms with Crippen LogP contribution >= 0.6 is 11.3 Å². The fourth-order valence-electron chi connectivity index (χ4n) is 10.8. The molecule has 3 aromatic heterocycles. The molecule has 8 aromatic carbocycles. The highest BCUT2D eigenvalue weighted by molar-refractivity contribution is 7.26. The van der Waals surface area contributed by atoms with E-state index in [2.05, 4.69) is 226 Å². The number of fused-ring (bicyclic) bond motifs is 18. The second-order valence-electron chi connectivity index (χ2n) is 17.7. The van der Waals surface area contributed by atoms with Crippen LogP contribution in [-0.2, 0) is 0 Å². The summed E-state index contributed by atoms with van der Waals surface area (Å²) in [6, 6.07) is 68.2. The Kier molecular flexibility index (Phi) is 7.68. The molecule has 0 amide bonds. The monoisotopic (exact) mass is 867 g/mol. The summed E-state index contributed by atoms with van der Waals surface area (Å²) in [5.74, 6) is 0.649. The van der Waals surface area contributed by atoms with E-state index in [0.29, 0.717) is 5.95 Å². The van der Waals surface area contributed by atoms with Gasteiger partial charge in [0.05, 0.1) is 49.7 Å². The summed E-state index contributed by atoms with van der Waals surface area (Å²) in [5, 5.41) is 2.79. The maximum atomic E-state index is 5.68. The van der Waals surface area contributed by atoms with Gasteiger partial charge in [0.25, 0.3) is 0 Å². The van der Waals surface area contributed by atoms with Crippen LogP contribution in [0.25, 0.3) is 70.8 Å². The molecule has 0 saturated carbocycles. The lowest BCUT2D eigenvalue weighted by Crippen LogP contribution is -2.54. The first kappa shape index (κ1) is 36.7. The summed E-state index contributed by atoms with van der Waals surface area (Å²) >= 11 is 1.81. The third-order valence-corrected chi connectivity index (χ3v) is 18.7. The number of hydrogen-bond acceptors (Lipinski definition) is 7. The van der Waals surface area contributed by atoms with Crippen molar-refractivity contribution in [2.75, 3.05) is 14.4 Å². The number of thiazole rings is 1. The van der Waals surface area contributed by atoms with Gasteiger partial charge in [0.1, 0.15) is 8.07 Å². The van der Waals surface area contributed by atoms with Crippen LogP contribution in [-0.4, -0.2) is 34.5 Å². The Bertz CT molecular complexity index is 3780. The number of benzene rings is 8. The Labute approximate surface area is 381 Å². The summed E-state index contributed by atoms with van der Waals surface area (Å²) in [7, 11) is -2.60. The van der Waals surface area contributed by atoms with Crippen molar-refractivity contribution in [2.45, 2.75) is 13.1 Å². The van der Waals surface area contributed by atoms with E-state index in [1.54, 1.807) is 0 Å². The Morgan fingerprint density at radius 3 is 1.71 bits per heavy atom. The van der Waals surface area contributed by atoms with Crippen LogP contribution < -0.4 is 24.8 Å². The van der Waals surface area contributed by atoms with E-state index in [9.17, 15) is 0 Å². The quantitative estimate of drug-likeness (QED) is 0.164. The fraction of sp³-hybridized carbons (Fsp3) is 0.0364. The molecule has 65 heavy (non-hydrogen) atoms. The van der Waals surface area contributed by atoms with Gasteiger partial charge >= 0.3 is 7.12 Å². The van der Waals surface area contributed by atoms with E-state index in [0.717, 1.165) is 72.4 Å². The molecule has 2 aliphatic heterocycles. The number of aromatic nitrogens is 4. The standard InChI is InChI=1S/C55H38BN7SSi/c1-65(2,51-32-16-31-50-53(51)64-55-58-44-25-9-10-26-45(44)60(50)55)36-18-15-17-35(33-36)61-46-27-11-12-28-47(46)62-48-29-13-14-30-49(48)63(56(61)62)54-57-34-43-41-23-6-5-21-39(41)37-19-3-4-20-38(37)40-22-7-8-24-42(40)52(43)59-54/h3-34H,1-2H3. The van der Waals surface area contributed by atoms with E-state index in [1.165, 1.54) is 37.3 Å². The molecule has 11 aromatic rings. The number of nitrogens with zero attached hydrogens (tertiary/aromatic N) is 7. The molecule has 5 heterocycles. The number of para-hydroxylation sites is 6. The number of anilines is 6. The smallest absolute Gasteiger partial charge is 0.343 e. The lowest BCUT2D eigenvalue weighted by Gasteiger charge is -2.32. The van der Waals surface area contributed by atoms with Crippen molar-refractivity contribution in [3.63, 3.8) is 0 Å². The molecule has 14 rings (SSSR count). The van der Waals surface area contributed by atoms with Crippen LogP contribution in [0.5, 0.6) is 0 Å². The van der Waals surface area contributed by atoms with Crippen molar-refractivity contribution in [3.8, 4) is 44.6 Å². The zero-order chi connectivity index (χ0) is 43.0. The van der Waals surface area contributed by atoms with Crippen molar-refractivity contribution >= 4 is 97.5 Å². The van der Waals surface area contributed by atoms with Crippen molar-refractivity contribution in [1.82, 2.24) is 19.4 Å². The van der Waals surface area contributed by atoms with Gasteiger partial charge in [-0.2, -0.15) is 0 Å². The van der Waals surface area contributed by atoms with Crippen molar-refractivity contribution in [1.29, 1.82) is 0 Å². The normalized spacial score (nSPS) is 13.6. The SMILES string of the molecule is C[Si](C)(c1cccc(N2B3N(c4ncc5c(n4)-c4ccccc4-c4ccccc4-c4ccccc4-5)c4ccccc4N3c3ccccc32)c1)c1cccc2c1sc1nc3ccccc3n12. The van der Waals surface area contributed by atoms with Crippen molar-refractivity contribution < 1.29 is 0 Å². The van der Waals surface area contributed by atoms with Crippen LogP contribution in [0.15, 0.2) is 194 Å². The molecule has 7 nitrogen and oxygen atoms in total. The third kappa shape index (κ3) is 5.14. The molecule has 306 valence electrons. The van der Waals surface area contributed by atoms with Gasteiger partial charge in [-0.3, -0.25) is 4.40 Å². The second-order valence-corrected chi connectivity index (χ2v) is 23.0. The van der Waals surface area contributed by atoms with Crippen LogP contribution in [0, 0.1) is 0 Å². The highest BCUT2D eigenvalue weighted by atomic mass is 32.1. The molecule has 0 saturated heterocycles. The molecule has 0 bridgehead atoms. The van der Waals surface area contributed by atoms with Gasteiger partial charge in [-0.25, -0.2) is 15.0 Å². The summed E-state index contributed by atoms with van der Waals surface area (Å²) in [4.78, 5) is 24.4. The van der Waals surface area contributed by atoms with Crippen LogP contribution in [0.3, 0.4) is 0 Å². The lowest BCUT2D eigenvalue weighted by atomic mass is 9.83. The summed E-state index contributed by atoms with van der Waals surface area (Å²) in [6.07, 6.45) is 2.05. The van der Waals surface area contributed by atoms with Crippen LogP contribution in [0.2, 0.25) is 13.1 Å². The molecule has 3 aliphatic rings. The Balaban J connectivity index is 0.939. The van der Waals surface area contributed by atoms with Gasteiger partial charge in [-0.05, 0) is 87.6 Å². The third-order valence-electron chi connectivity index (χ3n) is 13.9. The highest BCUT2D eigenvalue weighted by Crippen LogP contribution is 2.56. The minimum Gasteiger partial charge on any atom is -0.343 e. The molecule has 0 atom stereocenters. The first-order chi connectivity index (χ1) is 32.0.